The molecule has 0 radical (unpaired) electrons. The summed E-state index contributed by atoms with van der Waals surface area (Å²) in [5, 5.41) is 2.95. The van der Waals surface area contributed by atoms with E-state index in [2.05, 4.69) is 12.2 Å². The molecule has 1 amide bonds. The van der Waals surface area contributed by atoms with Gasteiger partial charge in [-0.3, -0.25) is 4.79 Å². The molecule has 1 aliphatic carbocycles. The maximum atomic E-state index is 12.1. The Morgan fingerprint density at radius 3 is 2.37 bits per heavy atom. The van der Waals surface area contributed by atoms with Crippen molar-refractivity contribution in [3.05, 3.63) is 0 Å². The molecular weight excluding hydrogens is 240 g/mol. The number of nitrogens with one attached hydrogen (secondary N) is 1. The Bertz CT molecular complexity index is 302. The van der Waals surface area contributed by atoms with Gasteiger partial charge in [-0.1, -0.05) is 6.92 Å². The first kappa shape index (κ1) is 16.4. The van der Waals surface area contributed by atoms with E-state index in [9.17, 15) is 4.79 Å². The molecule has 0 saturated heterocycles. The Balaban J connectivity index is 2.58. The van der Waals surface area contributed by atoms with E-state index in [0.717, 1.165) is 31.6 Å². The normalized spacial score (nSPS) is 29.9. The molecule has 112 valence electrons. The molecule has 0 aromatic heterocycles. The predicted octanol–water partition coefficient (Wildman–Crippen LogP) is 2.21. The molecule has 0 aromatic carbocycles. The van der Waals surface area contributed by atoms with E-state index < -0.39 is 6.10 Å². The molecule has 0 bridgehead atoms. The van der Waals surface area contributed by atoms with Gasteiger partial charge in [0.2, 0.25) is 5.91 Å². The van der Waals surface area contributed by atoms with E-state index in [0.29, 0.717) is 6.54 Å². The molecule has 3 N–H and O–H groups in total. The Labute approximate surface area is 117 Å². The van der Waals surface area contributed by atoms with Gasteiger partial charge in [-0.15, -0.1) is 0 Å². The fraction of sp³-hybridized carbons (Fsp3) is 0.933. The number of carbonyl (C=O) groups is 1. The van der Waals surface area contributed by atoms with Crippen molar-refractivity contribution >= 4 is 5.91 Å². The van der Waals surface area contributed by atoms with Crippen LogP contribution in [0.2, 0.25) is 0 Å². The second-order valence-electron chi connectivity index (χ2n) is 7.07. The standard InChI is InChI=1S/C15H30N2O2/c1-11-6-8-15(10-16,9-7-11)19-12(2)13(18)17-14(3,4)5/h11-12H,6-10,16H2,1-5H3,(H,17,18). The minimum atomic E-state index is -0.448. The molecule has 1 fully saturated rings. The smallest absolute Gasteiger partial charge is 0.249 e. The van der Waals surface area contributed by atoms with E-state index in [1.54, 1.807) is 0 Å². The van der Waals surface area contributed by atoms with Crippen LogP contribution in [0, 0.1) is 5.92 Å². The van der Waals surface area contributed by atoms with Gasteiger partial charge in [0.05, 0.1) is 5.60 Å². The molecular formula is C15H30N2O2. The summed E-state index contributed by atoms with van der Waals surface area (Å²) < 4.78 is 6.05. The fourth-order valence-corrected chi connectivity index (χ4v) is 2.56. The summed E-state index contributed by atoms with van der Waals surface area (Å²) in [7, 11) is 0. The summed E-state index contributed by atoms with van der Waals surface area (Å²) >= 11 is 0. The zero-order chi connectivity index (χ0) is 14.7. The number of rotatable bonds is 4. The number of nitrogens with two attached hydrogens (primary N) is 1. The van der Waals surface area contributed by atoms with Crippen molar-refractivity contribution in [3.63, 3.8) is 0 Å². The van der Waals surface area contributed by atoms with Gasteiger partial charge in [0.1, 0.15) is 6.10 Å². The van der Waals surface area contributed by atoms with Crippen LogP contribution >= 0.6 is 0 Å². The summed E-state index contributed by atoms with van der Waals surface area (Å²) in [6.07, 6.45) is 3.72. The van der Waals surface area contributed by atoms with Crippen LogP contribution in [0.4, 0.5) is 0 Å². The third-order valence-corrected chi connectivity index (χ3v) is 3.85. The van der Waals surface area contributed by atoms with E-state index in [-0.39, 0.29) is 17.0 Å². The maximum Gasteiger partial charge on any atom is 0.249 e. The summed E-state index contributed by atoms with van der Waals surface area (Å²) in [6.45, 7) is 10.5. The monoisotopic (exact) mass is 270 g/mol. The van der Waals surface area contributed by atoms with Crippen LogP contribution in [0.5, 0.6) is 0 Å². The van der Waals surface area contributed by atoms with E-state index in [4.69, 9.17) is 10.5 Å². The summed E-state index contributed by atoms with van der Waals surface area (Å²) in [5.74, 6) is 0.681. The first-order valence-electron chi connectivity index (χ1n) is 7.37. The van der Waals surface area contributed by atoms with Gasteiger partial charge in [-0.25, -0.2) is 0 Å². The largest absolute Gasteiger partial charge is 0.361 e. The second kappa shape index (κ2) is 6.23. The van der Waals surface area contributed by atoms with Crippen LogP contribution in [0.25, 0.3) is 0 Å². The first-order valence-corrected chi connectivity index (χ1v) is 7.37. The molecule has 1 unspecified atom stereocenters. The lowest BCUT2D eigenvalue weighted by atomic mass is 9.79. The lowest BCUT2D eigenvalue weighted by molar-refractivity contribution is -0.151. The molecule has 0 aliphatic heterocycles. The molecule has 1 aliphatic rings. The molecule has 0 aromatic rings. The van der Waals surface area contributed by atoms with E-state index in [1.165, 1.54) is 0 Å². The number of carbonyl (C=O) groups excluding carboxylic acids is 1. The number of amides is 1. The van der Waals surface area contributed by atoms with Crippen LogP contribution in [-0.4, -0.2) is 29.7 Å². The number of hydrogen-bond acceptors (Lipinski definition) is 3. The molecule has 19 heavy (non-hydrogen) atoms. The summed E-state index contributed by atoms with van der Waals surface area (Å²) in [5.41, 5.74) is 5.37. The van der Waals surface area contributed by atoms with Crippen LogP contribution in [-0.2, 0) is 9.53 Å². The van der Waals surface area contributed by atoms with Gasteiger partial charge < -0.3 is 15.8 Å². The van der Waals surface area contributed by atoms with Crippen LogP contribution < -0.4 is 11.1 Å². The highest BCUT2D eigenvalue weighted by molar-refractivity contribution is 5.81. The Kier molecular flexibility index (Phi) is 5.39. The number of ether oxygens (including phenoxy) is 1. The topological polar surface area (TPSA) is 64.3 Å². The van der Waals surface area contributed by atoms with Gasteiger partial charge in [-0.2, -0.15) is 0 Å². The molecule has 1 atom stereocenters. The molecule has 4 heteroatoms. The quantitative estimate of drug-likeness (QED) is 0.823. The first-order chi connectivity index (χ1) is 8.67. The zero-order valence-corrected chi connectivity index (χ0v) is 13.1. The molecule has 4 nitrogen and oxygen atoms in total. The van der Waals surface area contributed by atoms with Crippen molar-refractivity contribution < 1.29 is 9.53 Å². The van der Waals surface area contributed by atoms with Crippen LogP contribution in [0.3, 0.4) is 0 Å². The van der Waals surface area contributed by atoms with E-state index >= 15 is 0 Å². The highest BCUT2D eigenvalue weighted by Gasteiger charge is 2.37. The zero-order valence-electron chi connectivity index (χ0n) is 13.1. The number of hydrogen-bond donors (Lipinski definition) is 2. The minimum absolute atomic E-state index is 0.0565. The Morgan fingerprint density at radius 2 is 1.95 bits per heavy atom. The van der Waals surface area contributed by atoms with Crippen molar-refractivity contribution in [2.75, 3.05) is 6.54 Å². The Morgan fingerprint density at radius 1 is 1.42 bits per heavy atom. The third-order valence-electron chi connectivity index (χ3n) is 3.85. The van der Waals surface area contributed by atoms with Crippen molar-refractivity contribution in [1.29, 1.82) is 0 Å². The van der Waals surface area contributed by atoms with E-state index in [1.807, 2.05) is 27.7 Å². The molecule has 1 saturated carbocycles. The SMILES string of the molecule is CC1CCC(CN)(OC(C)C(=O)NC(C)(C)C)CC1. The molecule has 1 rings (SSSR count). The van der Waals surface area contributed by atoms with Crippen molar-refractivity contribution in [3.8, 4) is 0 Å². The van der Waals surface area contributed by atoms with Gasteiger partial charge >= 0.3 is 0 Å². The van der Waals surface area contributed by atoms with Crippen molar-refractivity contribution in [1.82, 2.24) is 5.32 Å². The van der Waals surface area contributed by atoms with Crippen LogP contribution in [0.1, 0.15) is 60.3 Å². The summed E-state index contributed by atoms with van der Waals surface area (Å²) in [6, 6.07) is 0. The fourth-order valence-electron chi connectivity index (χ4n) is 2.56. The van der Waals surface area contributed by atoms with Crippen molar-refractivity contribution in [2.45, 2.75) is 77.5 Å². The highest BCUT2D eigenvalue weighted by Crippen LogP contribution is 2.34. The van der Waals surface area contributed by atoms with Gasteiger partial charge in [-0.05, 0) is 59.3 Å². The highest BCUT2D eigenvalue weighted by atomic mass is 16.5. The third kappa shape index (κ3) is 5.11. The average Bonchev–Trinajstić information content (AvgIpc) is 2.30. The molecule has 0 heterocycles. The predicted molar refractivity (Wildman–Crippen MR) is 77.9 cm³/mol. The van der Waals surface area contributed by atoms with Crippen LogP contribution in [0.15, 0.2) is 0 Å². The maximum absolute atomic E-state index is 12.1. The lowest BCUT2D eigenvalue weighted by Crippen LogP contribution is -2.51. The van der Waals surface area contributed by atoms with Gasteiger partial charge in [0, 0.05) is 12.1 Å². The van der Waals surface area contributed by atoms with Crippen molar-refractivity contribution in [2.24, 2.45) is 11.7 Å². The second-order valence-corrected chi connectivity index (χ2v) is 7.07. The average molecular weight is 270 g/mol. The van der Waals surface area contributed by atoms with Gasteiger partial charge in [0.15, 0.2) is 0 Å². The Hall–Kier alpha value is -0.610. The van der Waals surface area contributed by atoms with Gasteiger partial charge in [0.25, 0.3) is 0 Å². The summed E-state index contributed by atoms with van der Waals surface area (Å²) in [4.78, 5) is 12.1. The lowest BCUT2D eigenvalue weighted by Gasteiger charge is -2.40. The molecule has 0 spiro atoms. The minimum Gasteiger partial charge on any atom is -0.361 e.